The van der Waals surface area contributed by atoms with Gasteiger partial charge in [-0.25, -0.2) is 0 Å². The van der Waals surface area contributed by atoms with Gasteiger partial charge in [-0.2, -0.15) is 0 Å². The van der Waals surface area contributed by atoms with Crippen LogP contribution in [0, 0.1) is 0 Å². The molecule has 140 valence electrons. The van der Waals surface area contributed by atoms with Crippen molar-refractivity contribution in [3.8, 4) is 40.1 Å². The van der Waals surface area contributed by atoms with E-state index in [4.69, 9.17) is 9.15 Å². The van der Waals surface area contributed by atoms with Gasteiger partial charge in [0.1, 0.15) is 34.0 Å². The minimum Gasteiger partial charge on any atom is -0.508 e. The minimum absolute atomic E-state index is 0.0195. The molecular weight excluding hydrogens is 356 g/mol. The van der Waals surface area contributed by atoms with Gasteiger partial charge >= 0.3 is 5.97 Å². The van der Waals surface area contributed by atoms with Crippen LogP contribution in [-0.4, -0.2) is 26.4 Å². The number of hydrogen-bond donors (Lipinski definition) is 4. The average molecular weight is 372 g/mol. The standard InChI is InChI=1S/C19H16O8/c1-2-3-15(24)27-19-17(25)16-13(23)7-10(21)8-14(16)26-18(19)11-5-4-9(20)6-12(11)22/h4-8,20-23H,2-3H2,1H3. The molecule has 0 radical (unpaired) electrons. The van der Waals surface area contributed by atoms with Gasteiger partial charge in [-0.1, -0.05) is 6.92 Å². The van der Waals surface area contributed by atoms with Crippen LogP contribution in [0.5, 0.6) is 28.7 Å². The molecule has 27 heavy (non-hydrogen) atoms. The Morgan fingerprint density at radius 1 is 1.04 bits per heavy atom. The van der Waals surface area contributed by atoms with Gasteiger partial charge in [0.25, 0.3) is 0 Å². The van der Waals surface area contributed by atoms with E-state index in [1.54, 1.807) is 6.92 Å². The molecule has 0 aliphatic heterocycles. The second-order valence-corrected chi connectivity index (χ2v) is 5.85. The largest absolute Gasteiger partial charge is 0.508 e. The molecule has 0 fully saturated rings. The van der Waals surface area contributed by atoms with Crippen molar-refractivity contribution in [1.29, 1.82) is 0 Å². The zero-order valence-corrected chi connectivity index (χ0v) is 14.2. The second kappa shape index (κ2) is 6.91. The second-order valence-electron chi connectivity index (χ2n) is 5.85. The van der Waals surface area contributed by atoms with E-state index >= 15 is 0 Å². The third-order valence-electron chi connectivity index (χ3n) is 3.81. The number of rotatable bonds is 4. The maximum absolute atomic E-state index is 12.9. The number of carbonyl (C=O) groups is 1. The molecule has 0 amide bonds. The molecule has 3 aromatic rings. The Hall–Kier alpha value is -3.68. The summed E-state index contributed by atoms with van der Waals surface area (Å²) in [5.74, 6) is -3.02. The number of hydrogen-bond acceptors (Lipinski definition) is 8. The van der Waals surface area contributed by atoms with E-state index in [1.807, 2.05) is 0 Å². The highest BCUT2D eigenvalue weighted by Crippen LogP contribution is 2.40. The highest BCUT2D eigenvalue weighted by atomic mass is 16.5. The lowest BCUT2D eigenvalue weighted by molar-refractivity contribution is -0.134. The van der Waals surface area contributed by atoms with Gasteiger partial charge in [-0.05, 0) is 18.6 Å². The van der Waals surface area contributed by atoms with E-state index < -0.39 is 28.6 Å². The molecule has 0 bridgehead atoms. The zero-order valence-electron chi connectivity index (χ0n) is 14.2. The molecule has 0 atom stereocenters. The lowest BCUT2D eigenvalue weighted by Crippen LogP contribution is -2.15. The molecule has 8 nitrogen and oxygen atoms in total. The summed E-state index contributed by atoms with van der Waals surface area (Å²) in [5, 5.41) is 39.0. The van der Waals surface area contributed by atoms with Crippen LogP contribution in [0.1, 0.15) is 19.8 Å². The van der Waals surface area contributed by atoms with Crippen molar-refractivity contribution >= 4 is 16.9 Å². The van der Waals surface area contributed by atoms with Gasteiger partial charge in [-0.15, -0.1) is 0 Å². The van der Waals surface area contributed by atoms with E-state index in [9.17, 15) is 30.0 Å². The van der Waals surface area contributed by atoms with E-state index in [0.29, 0.717) is 6.42 Å². The Morgan fingerprint density at radius 3 is 2.41 bits per heavy atom. The third kappa shape index (κ3) is 3.37. The fraction of sp³-hybridized carbons (Fsp3) is 0.158. The molecule has 1 aromatic heterocycles. The van der Waals surface area contributed by atoms with E-state index in [1.165, 1.54) is 12.1 Å². The lowest BCUT2D eigenvalue weighted by Gasteiger charge is -2.12. The van der Waals surface area contributed by atoms with Crippen molar-refractivity contribution in [2.24, 2.45) is 0 Å². The minimum atomic E-state index is -0.847. The zero-order chi connectivity index (χ0) is 19.7. The van der Waals surface area contributed by atoms with E-state index in [0.717, 1.165) is 18.2 Å². The summed E-state index contributed by atoms with van der Waals surface area (Å²) in [5.41, 5.74) is -1.04. The van der Waals surface area contributed by atoms with Crippen LogP contribution in [-0.2, 0) is 4.79 Å². The molecule has 3 rings (SSSR count). The first-order chi connectivity index (χ1) is 12.8. The number of aromatic hydroxyl groups is 4. The Morgan fingerprint density at radius 2 is 1.74 bits per heavy atom. The van der Waals surface area contributed by atoms with Crippen LogP contribution >= 0.6 is 0 Å². The number of phenols is 4. The SMILES string of the molecule is CCCC(=O)Oc1c(-c2ccc(O)cc2O)oc2cc(O)cc(O)c2c1=O. The summed E-state index contributed by atoms with van der Waals surface area (Å²) >= 11 is 0. The molecule has 0 aliphatic rings. The Kier molecular flexibility index (Phi) is 4.64. The van der Waals surface area contributed by atoms with Gasteiger partial charge in [0.2, 0.25) is 11.2 Å². The summed E-state index contributed by atoms with van der Waals surface area (Å²) in [6.07, 6.45) is 0.525. The van der Waals surface area contributed by atoms with Crippen molar-refractivity contribution < 1.29 is 34.4 Å². The molecule has 1 heterocycles. The quantitative estimate of drug-likeness (QED) is 0.513. The Balaban J connectivity index is 2.35. The van der Waals surface area contributed by atoms with E-state index in [2.05, 4.69) is 0 Å². The summed E-state index contributed by atoms with van der Waals surface area (Å²) in [4.78, 5) is 24.8. The molecule has 0 saturated heterocycles. The number of phenolic OH excluding ortho intramolecular Hbond substituents is 4. The first-order valence-corrected chi connectivity index (χ1v) is 8.07. The first kappa shape index (κ1) is 18.1. The summed E-state index contributed by atoms with van der Waals surface area (Å²) < 4.78 is 10.7. The van der Waals surface area contributed by atoms with Crippen LogP contribution in [0.3, 0.4) is 0 Å². The average Bonchev–Trinajstić information content (AvgIpc) is 2.57. The fourth-order valence-corrected chi connectivity index (χ4v) is 2.62. The topological polar surface area (TPSA) is 137 Å². The van der Waals surface area contributed by atoms with Crippen LogP contribution in [0.4, 0.5) is 0 Å². The molecule has 0 saturated carbocycles. The molecule has 0 spiro atoms. The number of benzene rings is 2. The van der Waals surface area contributed by atoms with Crippen molar-refractivity contribution in [3.05, 3.63) is 40.6 Å². The summed E-state index contributed by atoms with van der Waals surface area (Å²) in [6.45, 7) is 1.76. The predicted octanol–water partition coefficient (Wildman–Crippen LogP) is 2.99. The van der Waals surface area contributed by atoms with Gasteiger partial charge < -0.3 is 29.6 Å². The van der Waals surface area contributed by atoms with Crippen molar-refractivity contribution in [1.82, 2.24) is 0 Å². The normalized spacial score (nSPS) is 10.9. The number of ether oxygens (including phenoxy) is 1. The fourth-order valence-electron chi connectivity index (χ4n) is 2.62. The van der Waals surface area contributed by atoms with Crippen molar-refractivity contribution in [2.45, 2.75) is 19.8 Å². The number of carbonyl (C=O) groups excluding carboxylic acids is 1. The van der Waals surface area contributed by atoms with E-state index in [-0.39, 0.29) is 40.2 Å². The van der Waals surface area contributed by atoms with Crippen molar-refractivity contribution in [3.63, 3.8) is 0 Å². The highest BCUT2D eigenvalue weighted by molar-refractivity contribution is 5.90. The van der Waals surface area contributed by atoms with Gasteiger partial charge in [0, 0.05) is 24.6 Å². The molecule has 2 aromatic carbocycles. The lowest BCUT2D eigenvalue weighted by atomic mass is 10.1. The van der Waals surface area contributed by atoms with Crippen LogP contribution in [0.25, 0.3) is 22.3 Å². The van der Waals surface area contributed by atoms with Crippen molar-refractivity contribution in [2.75, 3.05) is 0 Å². The Bertz CT molecular complexity index is 1100. The van der Waals surface area contributed by atoms with Gasteiger partial charge in [0.15, 0.2) is 5.76 Å². The molecular formula is C19H16O8. The highest BCUT2D eigenvalue weighted by Gasteiger charge is 2.24. The molecule has 0 unspecified atom stereocenters. The van der Waals surface area contributed by atoms with Crippen LogP contribution in [0.15, 0.2) is 39.5 Å². The smallest absolute Gasteiger partial charge is 0.311 e. The predicted molar refractivity (Wildman–Crippen MR) is 95.1 cm³/mol. The first-order valence-electron chi connectivity index (χ1n) is 8.07. The molecule has 0 aliphatic carbocycles. The third-order valence-corrected chi connectivity index (χ3v) is 3.81. The van der Waals surface area contributed by atoms with Gasteiger partial charge in [-0.3, -0.25) is 9.59 Å². The maximum atomic E-state index is 12.9. The summed E-state index contributed by atoms with van der Waals surface area (Å²) in [6, 6.07) is 5.60. The monoisotopic (exact) mass is 372 g/mol. The van der Waals surface area contributed by atoms with Crippen LogP contribution in [0.2, 0.25) is 0 Å². The van der Waals surface area contributed by atoms with Crippen LogP contribution < -0.4 is 10.2 Å². The van der Waals surface area contributed by atoms with Gasteiger partial charge in [0.05, 0.1) is 5.56 Å². The maximum Gasteiger partial charge on any atom is 0.311 e. The summed E-state index contributed by atoms with van der Waals surface area (Å²) in [7, 11) is 0. The number of fused-ring (bicyclic) bond motifs is 1. The molecule has 4 N–H and O–H groups in total. The number of esters is 1. The Labute approximate surface area is 152 Å². The molecule has 8 heteroatoms.